The summed E-state index contributed by atoms with van der Waals surface area (Å²) in [6, 6.07) is -0.779. The smallest absolute Gasteiger partial charge is 0.309 e. The summed E-state index contributed by atoms with van der Waals surface area (Å²) in [6.45, 7) is 4.99. The van der Waals surface area contributed by atoms with Crippen LogP contribution in [0, 0.1) is 11.8 Å². The average Bonchev–Trinajstić information content (AvgIpc) is 3.14. The molecular formula is C21H37ClN4O3S. The second kappa shape index (κ2) is 13.9. The minimum absolute atomic E-state index is 0. The summed E-state index contributed by atoms with van der Waals surface area (Å²) in [5.41, 5.74) is 2.41. The van der Waals surface area contributed by atoms with Crippen molar-refractivity contribution < 1.29 is 14.4 Å². The van der Waals surface area contributed by atoms with Crippen LogP contribution in [0.4, 0.5) is 0 Å². The number of hydrogen-bond acceptors (Lipinski definition) is 5. The summed E-state index contributed by atoms with van der Waals surface area (Å²) in [6.07, 6.45) is 8.39. The monoisotopic (exact) mass is 460 g/mol. The van der Waals surface area contributed by atoms with E-state index in [0.717, 1.165) is 70.1 Å². The van der Waals surface area contributed by atoms with E-state index >= 15 is 0 Å². The van der Waals surface area contributed by atoms with Crippen LogP contribution in [0.2, 0.25) is 0 Å². The van der Waals surface area contributed by atoms with Gasteiger partial charge in [-0.25, -0.2) is 5.43 Å². The highest BCUT2D eigenvalue weighted by Gasteiger charge is 2.35. The molecule has 9 heteroatoms. The van der Waals surface area contributed by atoms with Gasteiger partial charge >= 0.3 is 5.91 Å². The third kappa shape index (κ3) is 7.76. The molecule has 1 atom stereocenters. The molecule has 2 N–H and O–H groups in total. The molecule has 0 aromatic carbocycles. The number of amidine groups is 1. The summed E-state index contributed by atoms with van der Waals surface area (Å²) in [5, 5.41) is 7.76. The van der Waals surface area contributed by atoms with Crippen LogP contribution in [0.3, 0.4) is 0 Å². The van der Waals surface area contributed by atoms with E-state index in [1.54, 1.807) is 11.8 Å². The highest BCUT2D eigenvalue weighted by molar-refractivity contribution is 8.14. The van der Waals surface area contributed by atoms with Gasteiger partial charge < -0.3 is 10.2 Å². The van der Waals surface area contributed by atoms with Crippen molar-refractivity contribution in [3.05, 3.63) is 0 Å². The van der Waals surface area contributed by atoms with Crippen molar-refractivity contribution in [2.24, 2.45) is 16.9 Å². The fraction of sp³-hybridized carbons (Fsp3) is 0.810. The van der Waals surface area contributed by atoms with Crippen LogP contribution >= 0.6 is 24.2 Å². The van der Waals surface area contributed by atoms with Crippen molar-refractivity contribution >= 4 is 46.9 Å². The first-order valence-electron chi connectivity index (χ1n) is 11.0. The van der Waals surface area contributed by atoms with Crippen LogP contribution in [0.5, 0.6) is 0 Å². The molecule has 2 rings (SSSR count). The highest BCUT2D eigenvalue weighted by Crippen LogP contribution is 2.25. The average molecular weight is 461 g/mol. The quantitative estimate of drug-likeness (QED) is 0.385. The predicted octanol–water partition coefficient (Wildman–Crippen LogP) is 3.32. The SMILES string of the molecule is CCCC(CCC)C(NC(=O)C1CCCCC1)C(=O)C(=O)N/N=C1\SCCN1C.Cl. The summed E-state index contributed by atoms with van der Waals surface area (Å²) in [5.74, 6) is -0.582. The van der Waals surface area contributed by atoms with Crippen LogP contribution in [0.25, 0.3) is 0 Å². The molecule has 0 aromatic rings. The van der Waals surface area contributed by atoms with Crippen LogP contribution in [0.15, 0.2) is 5.10 Å². The summed E-state index contributed by atoms with van der Waals surface area (Å²) < 4.78 is 0. The van der Waals surface area contributed by atoms with E-state index in [-0.39, 0.29) is 30.2 Å². The summed E-state index contributed by atoms with van der Waals surface area (Å²) in [4.78, 5) is 40.4. The predicted molar refractivity (Wildman–Crippen MR) is 125 cm³/mol. The number of ketones is 1. The molecule has 1 unspecified atom stereocenters. The lowest BCUT2D eigenvalue weighted by Crippen LogP contribution is -2.52. The molecule has 1 heterocycles. The van der Waals surface area contributed by atoms with E-state index in [2.05, 4.69) is 29.7 Å². The number of nitrogens with one attached hydrogen (secondary N) is 2. The van der Waals surface area contributed by atoms with Gasteiger partial charge in [-0.05, 0) is 31.6 Å². The number of hydrogen-bond donors (Lipinski definition) is 2. The lowest BCUT2D eigenvalue weighted by Gasteiger charge is -2.29. The Hall–Kier alpha value is -1.28. The van der Waals surface area contributed by atoms with E-state index in [0.29, 0.717) is 5.17 Å². The zero-order chi connectivity index (χ0) is 21.2. The zero-order valence-corrected chi connectivity index (χ0v) is 20.1. The Labute approximate surface area is 191 Å². The van der Waals surface area contributed by atoms with Gasteiger partial charge in [-0.1, -0.05) is 57.7 Å². The molecule has 1 aliphatic heterocycles. The second-order valence-corrected chi connectivity index (χ2v) is 9.19. The standard InChI is InChI=1S/C21H36N4O3S.ClH/c1-4-9-15(10-5-2)17(22-19(27)16-11-7-6-8-12-16)18(26)20(28)23-24-21-25(3)13-14-29-21;/h15-17H,4-14H2,1-3H3,(H,22,27)(H,23,28);1H/b24-21-;. The topological polar surface area (TPSA) is 90.9 Å². The number of Topliss-reactive ketones (excluding diaryl/α,β-unsaturated/α-hetero) is 1. The van der Waals surface area contributed by atoms with Crippen molar-refractivity contribution in [3.8, 4) is 0 Å². The fourth-order valence-electron chi connectivity index (χ4n) is 4.14. The lowest BCUT2D eigenvalue weighted by molar-refractivity contribution is -0.141. The van der Waals surface area contributed by atoms with Crippen LogP contribution < -0.4 is 10.7 Å². The molecule has 0 spiro atoms. The number of hydrazone groups is 1. The van der Waals surface area contributed by atoms with E-state index in [1.165, 1.54) is 0 Å². The van der Waals surface area contributed by atoms with Gasteiger partial charge in [0.25, 0.3) is 0 Å². The lowest BCUT2D eigenvalue weighted by atomic mass is 9.85. The Morgan fingerprint density at radius 1 is 1.13 bits per heavy atom. The summed E-state index contributed by atoms with van der Waals surface area (Å²) >= 11 is 1.54. The number of carbonyl (C=O) groups excluding carboxylic acids is 3. The molecule has 1 saturated carbocycles. The number of amides is 2. The molecule has 1 aliphatic carbocycles. The van der Waals surface area contributed by atoms with Gasteiger partial charge in [0.05, 0.1) is 0 Å². The largest absolute Gasteiger partial charge is 0.352 e. The van der Waals surface area contributed by atoms with E-state index in [9.17, 15) is 14.4 Å². The number of rotatable bonds is 10. The fourth-order valence-corrected chi connectivity index (χ4v) is 5.11. The first-order valence-corrected chi connectivity index (χ1v) is 12.0. The van der Waals surface area contributed by atoms with Gasteiger partial charge in [0.2, 0.25) is 11.7 Å². The molecule has 7 nitrogen and oxygen atoms in total. The van der Waals surface area contributed by atoms with Gasteiger partial charge in [-0.15, -0.1) is 17.5 Å². The van der Waals surface area contributed by atoms with Gasteiger partial charge in [0.15, 0.2) is 5.17 Å². The molecule has 30 heavy (non-hydrogen) atoms. The number of thioether (sulfide) groups is 1. The van der Waals surface area contributed by atoms with Gasteiger partial charge in [-0.2, -0.15) is 0 Å². The maximum Gasteiger partial charge on any atom is 0.309 e. The molecule has 2 fully saturated rings. The van der Waals surface area contributed by atoms with Crippen molar-refractivity contribution in [1.29, 1.82) is 0 Å². The maximum atomic E-state index is 13.0. The van der Waals surface area contributed by atoms with Crippen LogP contribution in [-0.2, 0) is 14.4 Å². The number of nitrogens with zero attached hydrogens (tertiary/aromatic N) is 2. The third-order valence-corrected chi connectivity index (χ3v) is 6.86. The summed E-state index contributed by atoms with van der Waals surface area (Å²) in [7, 11) is 1.90. The molecule has 2 amide bonds. The Morgan fingerprint density at radius 3 is 2.30 bits per heavy atom. The molecule has 1 saturated heterocycles. The van der Waals surface area contributed by atoms with Crippen LogP contribution in [-0.4, -0.2) is 53.1 Å². The van der Waals surface area contributed by atoms with E-state index in [1.807, 2.05) is 11.9 Å². The normalized spacial score (nSPS) is 19.5. The van der Waals surface area contributed by atoms with E-state index < -0.39 is 17.7 Å². The van der Waals surface area contributed by atoms with Crippen molar-refractivity contribution in [1.82, 2.24) is 15.6 Å². The molecular weight excluding hydrogens is 424 g/mol. The minimum atomic E-state index is -0.779. The molecule has 0 aromatic heterocycles. The van der Waals surface area contributed by atoms with Gasteiger partial charge in [0, 0.05) is 25.3 Å². The number of carbonyl (C=O) groups is 3. The van der Waals surface area contributed by atoms with Crippen molar-refractivity contribution in [3.63, 3.8) is 0 Å². The molecule has 172 valence electrons. The Balaban J connectivity index is 0.00000450. The third-order valence-electron chi connectivity index (χ3n) is 5.81. The first kappa shape index (κ1) is 26.8. The zero-order valence-electron chi connectivity index (χ0n) is 18.4. The molecule has 0 radical (unpaired) electrons. The van der Waals surface area contributed by atoms with E-state index in [4.69, 9.17) is 0 Å². The molecule has 2 aliphatic rings. The minimum Gasteiger partial charge on any atom is -0.352 e. The van der Waals surface area contributed by atoms with Gasteiger partial charge in [-0.3, -0.25) is 14.4 Å². The Bertz CT molecular complexity index is 605. The van der Waals surface area contributed by atoms with Crippen molar-refractivity contribution in [2.75, 3.05) is 19.3 Å². The Morgan fingerprint density at radius 2 is 1.77 bits per heavy atom. The van der Waals surface area contributed by atoms with Crippen molar-refractivity contribution in [2.45, 2.75) is 77.7 Å². The second-order valence-electron chi connectivity index (χ2n) is 8.13. The highest BCUT2D eigenvalue weighted by atomic mass is 35.5. The van der Waals surface area contributed by atoms with Gasteiger partial charge in [0.1, 0.15) is 6.04 Å². The first-order chi connectivity index (χ1) is 14.0. The Kier molecular flexibility index (Phi) is 12.4. The van der Waals surface area contributed by atoms with Crippen LogP contribution in [0.1, 0.15) is 71.6 Å². The molecule has 0 bridgehead atoms. The number of halogens is 1. The maximum absolute atomic E-state index is 13.0.